The summed E-state index contributed by atoms with van der Waals surface area (Å²) in [5.74, 6) is 0.513. The van der Waals surface area contributed by atoms with E-state index in [-0.39, 0.29) is 24.5 Å². The number of likely N-dealkylation sites (tertiary alicyclic amines) is 1. The predicted octanol–water partition coefficient (Wildman–Crippen LogP) is 1.97. The van der Waals surface area contributed by atoms with E-state index < -0.39 is 0 Å². The molecule has 1 aliphatic heterocycles. The number of methoxy groups -OCH3 is 1. The molecule has 0 radical (unpaired) electrons. The Hall–Kier alpha value is -2.02. The maximum absolute atomic E-state index is 12.5. The number of aromatic nitrogens is 2. The van der Waals surface area contributed by atoms with Crippen LogP contribution in [0.4, 0.5) is 0 Å². The van der Waals surface area contributed by atoms with Crippen LogP contribution in [0, 0.1) is 6.92 Å². The van der Waals surface area contributed by atoms with Gasteiger partial charge in [-0.3, -0.25) is 9.59 Å². The lowest BCUT2D eigenvalue weighted by Crippen LogP contribution is -2.41. The highest BCUT2D eigenvalue weighted by Crippen LogP contribution is 2.29. The van der Waals surface area contributed by atoms with Crippen molar-refractivity contribution in [3.8, 4) is 0 Å². The van der Waals surface area contributed by atoms with Crippen molar-refractivity contribution in [2.45, 2.75) is 46.1 Å². The number of nitrogens with zero attached hydrogens (tertiary/aromatic N) is 4. The van der Waals surface area contributed by atoms with Crippen LogP contribution in [0.15, 0.2) is 6.20 Å². The number of ether oxygens (including phenoxy) is 1. The minimum atomic E-state index is -0.146. The highest BCUT2D eigenvalue weighted by molar-refractivity contribution is 5.94. The first-order chi connectivity index (χ1) is 12.0. The van der Waals surface area contributed by atoms with Gasteiger partial charge in [-0.2, -0.15) is 0 Å². The third-order valence-electron chi connectivity index (χ3n) is 4.67. The van der Waals surface area contributed by atoms with Gasteiger partial charge in [0.05, 0.1) is 17.3 Å². The molecule has 0 saturated carbocycles. The minimum absolute atomic E-state index is 0.0447. The number of carbonyl (C=O) groups is 2. The number of piperidine rings is 1. The van der Waals surface area contributed by atoms with Crippen LogP contribution in [-0.2, 0) is 9.53 Å². The average Bonchev–Trinajstić information content (AvgIpc) is 2.62. The van der Waals surface area contributed by atoms with Gasteiger partial charge in [-0.05, 0) is 40.0 Å². The zero-order valence-electron chi connectivity index (χ0n) is 15.6. The largest absolute Gasteiger partial charge is 0.375 e. The molecule has 0 aromatic carbocycles. The van der Waals surface area contributed by atoms with E-state index in [4.69, 9.17) is 4.74 Å². The van der Waals surface area contributed by atoms with Crippen LogP contribution in [0.25, 0.3) is 0 Å². The van der Waals surface area contributed by atoms with Crippen molar-refractivity contribution in [1.82, 2.24) is 19.8 Å². The van der Waals surface area contributed by atoms with Gasteiger partial charge in [0.2, 0.25) is 5.91 Å². The van der Waals surface area contributed by atoms with Gasteiger partial charge in [-0.15, -0.1) is 0 Å². The van der Waals surface area contributed by atoms with Crippen molar-refractivity contribution in [2.24, 2.45) is 0 Å². The first-order valence-corrected chi connectivity index (χ1v) is 8.94. The summed E-state index contributed by atoms with van der Waals surface area (Å²) in [7, 11) is 1.52. The molecule has 1 atom stereocenters. The number of hydrogen-bond donors (Lipinski definition) is 0. The fraction of sp³-hybridized carbons (Fsp3) is 0.667. The second-order valence-electron chi connectivity index (χ2n) is 6.24. The first-order valence-electron chi connectivity index (χ1n) is 8.94. The molecule has 7 heteroatoms. The predicted molar refractivity (Wildman–Crippen MR) is 94.2 cm³/mol. The van der Waals surface area contributed by atoms with Gasteiger partial charge in [-0.25, -0.2) is 9.97 Å². The molecule has 0 spiro atoms. The van der Waals surface area contributed by atoms with Crippen LogP contribution >= 0.6 is 0 Å². The third-order valence-corrected chi connectivity index (χ3v) is 4.67. The summed E-state index contributed by atoms with van der Waals surface area (Å²) in [6, 6.07) is -0.146. The lowest BCUT2D eigenvalue weighted by atomic mass is 10.0. The molecule has 138 valence electrons. The minimum Gasteiger partial charge on any atom is -0.375 e. The lowest BCUT2D eigenvalue weighted by Gasteiger charge is -2.34. The van der Waals surface area contributed by atoms with E-state index in [0.717, 1.165) is 19.3 Å². The van der Waals surface area contributed by atoms with Gasteiger partial charge in [0.25, 0.3) is 5.91 Å². The summed E-state index contributed by atoms with van der Waals surface area (Å²) in [5, 5.41) is 0. The second-order valence-corrected chi connectivity index (χ2v) is 6.24. The van der Waals surface area contributed by atoms with Crippen LogP contribution < -0.4 is 0 Å². The third kappa shape index (κ3) is 4.34. The van der Waals surface area contributed by atoms with E-state index in [0.29, 0.717) is 36.7 Å². The second kappa shape index (κ2) is 8.89. The Morgan fingerprint density at radius 2 is 2.04 bits per heavy atom. The fourth-order valence-electron chi connectivity index (χ4n) is 3.24. The van der Waals surface area contributed by atoms with Crippen LogP contribution in [0.2, 0.25) is 0 Å². The van der Waals surface area contributed by atoms with Crippen LogP contribution in [0.5, 0.6) is 0 Å². The Morgan fingerprint density at radius 1 is 1.32 bits per heavy atom. The maximum Gasteiger partial charge on any atom is 0.257 e. The molecule has 1 aromatic heterocycles. The summed E-state index contributed by atoms with van der Waals surface area (Å²) in [6.45, 7) is 7.78. The highest BCUT2D eigenvalue weighted by atomic mass is 16.5. The number of rotatable bonds is 6. The Labute approximate surface area is 149 Å². The molecule has 2 rings (SSSR count). The summed E-state index contributed by atoms with van der Waals surface area (Å²) >= 11 is 0. The molecule has 0 bridgehead atoms. The lowest BCUT2D eigenvalue weighted by molar-refractivity contribution is -0.139. The van der Waals surface area contributed by atoms with E-state index in [2.05, 4.69) is 9.97 Å². The molecule has 0 aliphatic carbocycles. The molecule has 25 heavy (non-hydrogen) atoms. The molecule has 1 saturated heterocycles. The Morgan fingerprint density at radius 3 is 2.64 bits per heavy atom. The molecule has 7 nitrogen and oxygen atoms in total. The topological polar surface area (TPSA) is 75.6 Å². The number of amides is 2. The number of aryl methyl sites for hydroxylation is 1. The van der Waals surface area contributed by atoms with E-state index in [9.17, 15) is 9.59 Å². The molecule has 0 N–H and O–H groups in total. The van der Waals surface area contributed by atoms with Crippen molar-refractivity contribution in [1.29, 1.82) is 0 Å². The average molecular weight is 348 g/mol. The highest BCUT2D eigenvalue weighted by Gasteiger charge is 2.30. The Balaban J connectivity index is 2.26. The Bertz CT molecular complexity index is 616. The van der Waals surface area contributed by atoms with Gasteiger partial charge in [0.1, 0.15) is 6.61 Å². The molecule has 2 heterocycles. The molecule has 2 amide bonds. The van der Waals surface area contributed by atoms with Crippen molar-refractivity contribution in [3.05, 3.63) is 23.3 Å². The molecular weight excluding hydrogens is 320 g/mol. The van der Waals surface area contributed by atoms with Gasteiger partial charge in [0, 0.05) is 32.9 Å². The van der Waals surface area contributed by atoms with Gasteiger partial charge >= 0.3 is 0 Å². The Kier molecular flexibility index (Phi) is 6.87. The molecule has 1 aliphatic rings. The van der Waals surface area contributed by atoms with Crippen molar-refractivity contribution in [2.75, 3.05) is 33.4 Å². The number of carbonyl (C=O) groups excluding carboxylic acids is 2. The molecular formula is C18H28N4O3. The molecule has 0 unspecified atom stereocenters. The summed E-state index contributed by atoms with van der Waals surface area (Å²) in [5.41, 5.74) is 1.18. The zero-order chi connectivity index (χ0) is 18.4. The van der Waals surface area contributed by atoms with E-state index in [1.807, 2.05) is 20.8 Å². The summed E-state index contributed by atoms with van der Waals surface area (Å²) < 4.78 is 4.98. The normalized spacial score (nSPS) is 17.4. The summed E-state index contributed by atoms with van der Waals surface area (Å²) in [4.78, 5) is 37.4. The first kappa shape index (κ1) is 19.3. The SMILES string of the molecule is CCN(CC)C(=O)c1cnc([C@H]2CCCCN2C(=O)COC)nc1C. The van der Waals surface area contributed by atoms with Gasteiger partial charge < -0.3 is 14.5 Å². The smallest absolute Gasteiger partial charge is 0.257 e. The standard InChI is InChI=1S/C18H28N4O3/c1-5-21(6-2)18(24)14-11-19-17(20-13(14)3)15-9-7-8-10-22(15)16(23)12-25-4/h11,15H,5-10,12H2,1-4H3/t15-/m1/s1. The molecule has 1 fully saturated rings. The van der Waals surface area contributed by atoms with Crippen LogP contribution in [0.1, 0.15) is 61.0 Å². The van der Waals surface area contributed by atoms with Crippen molar-refractivity contribution in [3.63, 3.8) is 0 Å². The van der Waals surface area contributed by atoms with Crippen molar-refractivity contribution >= 4 is 11.8 Å². The summed E-state index contributed by atoms with van der Waals surface area (Å²) in [6.07, 6.45) is 4.44. The number of hydrogen-bond acceptors (Lipinski definition) is 5. The monoisotopic (exact) mass is 348 g/mol. The van der Waals surface area contributed by atoms with Crippen LogP contribution in [-0.4, -0.2) is 64.9 Å². The molecule has 1 aromatic rings. The fourth-order valence-corrected chi connectivity index (χ4v) is 3.24. The zero-order valence-corrected chi connectivity index (χ0v) is 15.6. The van der Waals surface area contributed by atoms with E-state index in [1.165, 1.54) is 7.11 Å². The quantitative estimate of drug-likeness (QED) is 0.785. The van der Waals surface area contributed by atoms with E-state index >= 15 is 0 Å². The van der Waals surface area contributed by atoms with Crippen molar-refractivity contribution < 1.29 is 14.3 Å². The maximum atomic E-state index is 12.5. The van der Waals surface area contributed by atoms with Crippen LogP contribution in [0.3, 0.4) is 0 Å². The van der Waals surface area contributed by atoms with Gasteiger partial charge in [-0.1, -0.05) is 0 Å². The van der Waals surface area contributed by atoms with Gasteiger partial charge in [0.15, 0.2) is 5.82 Å². The van der Waals surface area contributed by atoms with E-state index in [1.54, 1.807) is 16.0 Å².